The van der Waals surface area contributed by atoms with Crippen molar-refractivity contribution in [3.05, 3.63) is 35.9 Å². The predicted molar refractivity (Wildman–Crippen MR) is 118 cm³/mol. The molecule has 0 fully saturated rings. The molecule has 2 amide bonds. The van der Waals surface area contributed by atoms with Gasteiger partial charge in [-0.15, -0.1) is 0 Å². The van der Waals surface area contributed by atoms with Crippen LogP contribution >= 0.6 is 0 Å². The molecule has 0 heterocycles. The SMILES string of the molecule is CCCCNC(=O)[C@H](CC(C)C)NC(=O)[C@H](CCc1ccccc1)N[C@H](C)C(=O)O. The molecule has 0 aromatic heterocycles. The number of benzene rings is 1. The van der Waals surface area contributed by atoms with Crippen LogP contribution in [0.1, 0.15) is 58.9 Å². The Hall–Kier alpha value is -2.41. The van der Waals surface area contributed by atoms with Crippen LogP contribution in [-0.2, 0) is 20.8 Å². The molecule has 3 atom stereocenters. The Kier molecular flexibility index (Phi) is 11.7. The summed E-state index contributed by atoms with van der Waals surface area (Å²) in [4.78, 5) is 36.9. The number of carboxylic acids is 1. The number of rotatable bonds is 14. The summed E-state index contributed by atoms with van der Waals surface area (Å²) in [6.45, 7) is 8.12. The summed E-state index contributed by atoms with van der Waals surface area (Å²) < 4.78 is 0. The van der Waals surface area contributed by atoms with Gasteiger partial charge in [0.1, 0.15) is 12.1 Å². The van der Waals surface area contributed by atoms with Crippen LogP contribution < -0.4 is 16.0 Å². The molecule has 0 unspecified atom stereocenters. The Morgan fingerprint density at radius 1 is 1.00 bits per heavy atom. The zero-order chi connectivity index (χ0) is 22.5. The molecule has 7 heteroatoms. The molecule has 168 valence electrons. The van der Waals surface area contributed by atoms with E-state index in [-0.39, 0.29) is 17.7 Å². The lowest BCUT2D eigenvalue weighted by atomic mass is 10.0. The lowest BCUT2D eigenvalue weighted by Gasteiger charge is -2.25. The predicted octanol–water partition coefficient (Wildman–Crippen LogP) is 2.50. The average Bonchev–Trinajstić information content (AvgIpc) is 2.70. The first kappa shape index (κ1) is 25.6. The lowest BCUT2D eigenvalue weighted by Crippen LogP contribution is -2.55. The van der Waals surface area contributed by atoms with E-state index in [9.17, 15) is 19.5 Å². The fourth-order valence-electron chi connectivity index (χ4n) is 3.11. The van der Waals surface area contributed by atoms with Crippen LogP contribution in [0.25, 0.3) is 0 Å². The van der Waals surface area contributed by atoms with Crippen molar-refractivity contribution in [2.45, 2.75) is 77.9 Å². The van der Waals surface area contributed by atoms with Crippen LogP contribution in [-0.4, -0.2) is 47.6 Å². The standard InChI is InChI=1S/C23H37N3O4/c1-5-6-14-24-21(27)20(15-16(2)3)26-22(28)19(25-17(4)23(29)30)13-12-18-10-8-7-9-11-18/h7-11,16-17,19-20,25H,5-6,12-15H2,1-4H3,(H,24,27)(H,26,28)(H,29,30)/t17-,19+,20+/m1/s1. The Labute approximate surface area is 180 Å². The highest BCUT2D eigenvalue weighted by Crippen LogP contribution is 2.09. The van der Waals surface area contributed by atoms with Crippen LogP contribution in [0.5, 0.6) is 0 Å². The van der Waals surface area contributed by atoms with Gasteiger partial charge in [0.05, 0.1) is 6.04 Å². The normalized spacial score (nSPS) is 14.0. The fourth-order valence-corrected chi connectivity index (χ4v) is 3.11. The Morgan fingerprint density at radius 3 is 2.23 bits per heavy atom. The summed E-state index contributed by atoms with van der Waals surface area (Å²) in [5, 5.41) is 17.9. The van der Waals surface area contributed by atoms with Gasteiger partial charge in [0, 0.05) is 6.54 Å². The first-order valence-corrected chi connectivity index (χ1v) is 10.8. The second kappa shape index (κ2) is 13.7. The molecular weight excluding hydrogens is 382 g/mol. The van der Waals surface area contributed by atoms with E-state index in [0.29, 0.717) is 25.8 Å². The van der Waals surface area contributed by atoms with E-state index in [1.807, 2.05) is 51.1 Å². The van der Waals surface area contributed by atoms with Gasteiger partial charge in [-0.05, 0) is 44.1 Å². The Bertz CT molecular complexity index is 664. The highest BCUT2D eigenvalue weighted by molar-refractivity contribution is 5.90. The van der Waals surface area contributed by atoms with Crippen molar-refractivity contribution in [1.29, 1.82) is 0 Å². The van der Waals surface area contributed by atoms with Gasteiger partial charge in [-0.2, -0.15) is 0 Å². The molecule has 0 aliphatic carbocycles. The third kappa shape index (κ3) is 9.87. The van der Waals surface area contributed by atoms with E-state index in [2.05, 4.69) is 16.0 Å². The monoisotopic (exact) mass is 419 g/mol. The van der Waals surface area contributed by atoms with Crippen LogP contribution in [0.15, 0.2) is 30.3 Å². The first-order chi connectivity index (χ1) is 14.2. The minimum Gasteiger partial charge on any atom is -0.480 e. The number of carboxylic acid groups (broad SMARTS) is 1. The van der Waals surface area contributed by atoms with Crippen molar-refractivity contribution >= 4 is 17.8 Å². The first-order valence-electron chi connectivity index (χ1n) is 10.8. The molecule has 0 aliphatic rings. The van der Waals surface area contributed by atoms with Crippen LogP contribution in [0.3, 0.4) is 0 Å². The molecule has 7 nitrogen and oxygen atoms in total. The number of carbonyl (C=O) groups excluding carboxylic acids is 2. The van der Waals surface area contributed by atoms with Gasteiger partial charge in [0.2, 0.25) is 11.8 Å². The molecule has 1 aromatic rings. The second-order valence-corrected chi connectivity index (χ2v) is 8.14. The van der Waals surface area contributed by atoms with Crippen LogP contribution in [0.4, 0.5) is 0 Å². The van der Waals surface area contributed by atoms with Crippen LogP contribution in [0, 0.1) is 5.92 Å². The van der Waals surface area contributed by atoms with E-state index < -0.39 is 24.1 Å². The third-order valence-electron chi connectivity index (χ3n) is 4.87. The molecule has 4 N–H and O–H groups in total. The number of unbranched alkanes of at least 4 members (excludes halogenated alkanes) is 1. The minimum atomic E-state index is -1.02. The number of aliphatic carboxylic acids is 1. The van der Waals surface area contributed by atoms with Crippen molar-refractivity contribution in [2.24, 2.45) is 5.92 Å². The van der Waals surface area contributed by atoms with Gasteiger partial charge in [-0.25, -0.2) is 0 Å². The van der Waals surface area contributed by atoms with Crippen molar-refractivity contribution in [3.8, 4) is 0 Å². The average molecular weight is 420 g/mol. The van der Waals surface area contributed by atoms with Gasteiger partial charge in [-0.3, -0.25) is 19.7 Å². The highest BCUT2D eigenvalue weighted by Gasteiger charge is 2.28. The molecule has 0 saturated carbocycles. The third-order valence-corrected chi connectivity index (χ3v) is 4.87. The molecule has 0 bridgehead atoms. The van der Waals surface area contributed by atoms with E-state index >= 15 is 0 Å². The number of nitrogens with one attached hydrogen (secondary N) is 3. The van der Waals surface area contributed by atoms with Crippen molar-refractivity contribution in [2.75, 3.05) is 6.54 Å². The zero-order valence-corrected chi connectivity index (χ0v) is 18.6. The summed E-state index contributed by atoms with van der Waals surface area (Å²) in [7, 11) is 0. The van der Waals surface area contributed by atoms with Crippen molar-refractivity contribution < 1.29 is 19.5 Å². The summed E-state index contributed by atoms with van der Waals surface area (Å²) in [6.07, 6.45) is 3.42. The number of carbonyl (C=O) groups is 3. The molecule has 30 heavy (non-hydrogen) atoms. The molecule has 0 aliphatic heterocycles. The van der Waals surface area contributed by atoms with E-state index in [1.165, 1.54) is 6.92 Å². The van der Waals surface area contributed by atoms with E-state index in [1.54, 1.807) is 0 Å². The summed E-state index contributed by atoms with van der Waals surface area (Å²) in [5.74, 6) is -1.35. The summed E-state index contributed by atoms with van der Waals surface area (Å²) in [6, 6.07) is 7.49. The fraction of sp³-hybridized carbons (Fsp3) is 0.609. The van der Waals surface area contributed by atoms with E-state index in [4.69, 9.17) is 0 Å². The smallest absolute Gasteiger partial charge is 0.320 e. The quantitative estimate of drug-likeness (QED) is 0.347. The maximum Gasteiger partial charge on any atom is 0.320 e. The molecule has 0 spiro atoms. The molecule has 1 aromatic carbocycles. The van der Waals surface area contributed by atoms with Gasteiger partial charge in [-0.1, -0.05) is 57.5 Å². The molecule has 0 radical (unpaired) electrons. The topological polar surface area (TPSA) is 108 Å². The number of amides is 2. The number of hydrogen-bond acceptors (Lipinski definition) is 4. The molecular formula is C23H37N3O4. The largest absolute Gasteiger partial charge is 0.480 e. The Morgan fingerprint density at radius 2 is 1.67 bits per heavy atom. The lowest BCUT2D eigenvalue weighted by molar-refractivity contribution is -0.139. The summed E-state index contributed by atoms with van der Waals surface area (Å²) in [5.41, 5.74) is 1.07. The van der Waals surface area contributed by atoms with Gasteiger partial charge < -0.3 is 15.7 Å². The van der Waals surface area contributed by atoms with Gasteiger partial charge in [0.15, 0.2) is 0 Å². The highest BCUT2D eigenvalue weighted by atomic mass is 16.4. The maximum absolute atomic E-state index is 13.0. The molecule has 1 rings (SSSR count). The Balaban J connectivity index is 2.85. The number of hydrogen-bond donors (Lipinski definition) is 4. The van der Waals surface area contributed by atoms with Crippen LogP contribution in [0.2, 0.25) is 0 Å². The van der Waals surface area contributed by atoms with Crippen molar-refractivity contribution in [3.63, 3.8) is 0 Å². The molecule has 0 saturated heterocycles. The van der Waals surface area contributed by atoms with Gasteiger partial charge in [0.25, 0.3) is 0 Å². The number of aryl methyl sites for hydroxylation is 1. The minimum absolute atomic E-state index is 0.196. The second-order valence-electron chi connectivity index (χ2n) is 8.14. The zero-order valence-electron chi connectivity index (χ0n) is 18.6. The van der Waals surface area contributed by atoms with E-state index in [0.717, 1.165) is 18.4 Å². The maximum atomic E-state index is 13.0. The van der Waals surface area contributed by atoms with Crippen molar-refractivity contribution in [1.82, 2.24) is 16.0 Å². The van der Waals surface area contributed by atoms with Gasteiger partial charge >= 0.3 is 5.97 Å². The summed E-state index contributed by atoms with van der Waals surface area (Å²) >= 11 is 0.